The molecule has 12 nitrogen and oxygen atoms in total. The highest BCUT2D eigenvalue weighted by Gasteiger charge is 2.48. The Balaban J connectivity index is 2.56. The van der Waals surface area contributed by atoms with Crippen LogP contribution in [0.1, 0.15) is 142 Å². The molecule has 0 aromatic rings. The molecule has 274 valence electrons. The standard InChI is InChI=1S/C33H64O12S/c1-3-5-7-9-11-13-15-17-19-21-23-41-25-27(43-29(35)22-20-18-16-14-12-10-8-6-4-2)26-42-33-31(37)32(45-46(38,39)40)30(36)28(24-34)44-33/h27-28,30-34,36-37H,3-26H2,1-2H3,(H,38,39,40). The summed E-state index contributed by atoms with van der Waals surface area (Å²) in [5, 5.41) is 30.4. The fourth-order valence-electron chi connectivity index (χ4n) is 5.49. The molecule has 1 aliphatic rings. The van der Waals surface area contributed by atoms with E-state index >= 15 is 0 Å². The predicted octanol–water partition coefficient (Wildman–Crippen LogP) is 5.40. The number of esters is 1. The summed E-state index contributed by atoms with van der Waals surface area (Å²) >= 11 is 0. The lowest BCUT2D eigenvalue weighted by Gasteiger charge is -2.41. The highest BCUT2D eigenvalue weighted by atomic mass is 32.3. The number of rotatable bonds is 30. The monoisotopic (exact) mass is 684 g/mol. The van der Waals surface area contributed by atoms with Crippen molar-refractivity contribution in [3.05, 3.63) is 0 Å². The van der Waals surface area contributed by atoms with Crippen molar-refractivity contribution in [2.75, 3.05) is 26.4 Å². The zero-order valence-electron chi connectivity index (χ0n) is 28.4. The van der Waals surface area contributed by atoms with E-state index in [1.54, 1.807) is 0 Å². The van der Waals surface area contributed by atoms with E-state index in [-0.39, 0.29) is 19.6 Å². The molecule has 0 saturated carbocycles. The first-order chi connectivity index (χ1) is 22.1. The summed E-state index contributed by atoms with van der Waals surface area (Å²) in [5.41, 5.74) is 0. The molecule has 1 rings (SSSR count). The Hall–Kier alpha value is -0.900. The Bertz CT molecular complexity index is 842. The van der Waals surface area contributed by atoms with E-state index in [2.05, 4.69) is 18.0 Å². The quantitative estimate of drug-likeness (QED) is 0.0431. The molecule has 0 aliphatic carbocycles. The maximum Gasteiger partial charge on any atom is 0.397 e. The molecule has 1 saturated heterocycles. The molecule has 46 heavy (non-hydrogen) atoms. The van der Waals surface area contributed by atoms with Crippen LogP contribution in [0.25, 0.3) is 0 Å². The van der Waals surface area contributed by atoms with Crippen molar-refractivity contribution >= 4 is 16.4 Å². The number of hydrogen-bond acceptors (Lipinski definition) is 11. The number of hydrogen-bond donors (Lipinski definition) is 4. The van der Waals surface area contributed by atoms with Crippen molar-refractivity contribution in [3.63, 3.8) is 0 Å². The molecular weight excluding hydrogens is 620 g/mol. The van der Waals surface area contributed by atoms with Crippen LogP contribution in [-0.2, 0) is 38.3 Å². The van der Waals surface area contributed by atoms with Crippen LogP contribution < -0.4 is 0 Å². The topological polar surface area (TPSA) is 178 Å². The second-order valence-corrected chi connectivity index (χ2v) is 13.5. The Kier molecular flexibility index (Phi) is 25.3. The minimum Gasteiger partial charge on any atom is -0.457 e. The van der Waals surface area contributed by atoms with E-state index in [1.807, 2.05) is 0 Å². The van der Waals surface area contributed by atoms with Gasteiger partial charge < -0.3 is 34.3 Å². The van der Waals surface area contributed by atoms with Gasteiger partial charge in [0.25, 0.3) is 0 Å². The Morgan fingerprint density at radius 2 is 1.24 bits per heavy atom. The predicted molar refractivity (Wildman–Crippen MR) is 175 cm³/mol. The fourth-order valence-corrected chi connectivity index (χ4v) is 6.00. The molecule has 4 N–H and O–H groups in total. The van der Waals surface area contributed by atoms with Gasteiger partial charge in [-0.2, -0.15) is 8.42 Å². The lowest BCUT2D eigenvalue weighted by molar-refractivity contribution is -0.301. The SMILES string of the molecule is CCCCCCCCCCCCOCC(COC1OC(CO)C(O)C(OS(=O)(=O)O)C1O)OC(=O)CCCCCCCCCCC. The summed E-state index contributed by atoms with van der Waals surface area (Å²) < 4.78 is 58.5. The van der Waals surface area contributed by atoms with Crippen molar-refractivity contribution in [2.24, 2.45) is 0 Å². The summed E-state index contributed by atoms with van der Waals surface area (Å²) in [7, 11) is -5.04. The van der Waals surface area contributed by atoms with Gasteiger partial charge in [0.2, 0.25) is 0 Å². The van der Waals surface area contributed by atoms with Gasteiger partial charge in [-0.15, -0.1) is 0 Å². The van der Waals surface area contributed by atoms with Gasteiger partial charge in [0.15, 0.2) is 6.29 Å². The van der Waals surface area contributed by atoms with Crippen molar-refractivity contribution in [2.45, 2.75) is 179 Å². The number of aliphatic hydroxyl groups is 3. The number of carbonyl (C=O) groups is 1. The number of ether oxygens (including phenoxy) is 4. The van der Waals surface area contributed by atoms with Crippen LogP contribution in [0.5, 0.6) is 0 Å². The zero-order valence-corrected chi connectivity index (χ0v) is 29.2. The molecule has 0 aromatic carbocycles. The van der Waals surface area contributed by atoms with E-state index in [0.717, 1.165) is 38.5 Å². The number of carbonyl (C=O) groups excluding carboxylic acids is 1. The molecule has 1 fully saturated rings. The molecule has 1 aliphatic heterocycles. The Labute approximate surface area is 277 Å². The number of aliphatic hydroxyl groups excluding tert-OH is 3. The van der Waals surface area contributed by atoms with Gasteiger partial charge in [0.1, 0.15) is 30.5 Å². The smallest absolute Gasteiger partial charge is 0.397 e. The Morgan fingerprint density at radius 1 is 0.739 bits per heavy atom. The van der Waals surface area contributed by atoms with Gasteiger partial charge in [-0.05, 0) is 12.8 Å². The third-order valence-corrected chi connectivity index (χ3v) is 8.69. The van der Waals surface area contributed by atoms with E-state index in [0.29, 0.717) is 13.0 Å². The van der Waals surface area contributed by atoms with Gasteiger partial charge >= 0.3 is 16.4 Å². The van der Waals surface area contributed by atoms with Crippen LogP contribution in [0.15, 0.2) is 0 Å². The van der Waals surface area contributed by atoms with Crippen LogP contribution in [0, 0.1) is 0 Å². The lowest BCUT2D eigenvalue weighted by Crippen LogP contribution is -2.60. The van der Waals surface area contributed by atoms with Crippen LogP contribution in [-0.4, -0.2) is 97.5 Å². The largest absolute Gasteiger partial charge is 0.457 e. The molecule has 0 spiro atoms. The molecular formula is C33H64O12S. The van der Waals surface area contributed by atoms with Crippen molar-refractivity contribution in [3.8, 4) is 0 Å². The molecule has 0 amide bonds. The first-order valence-corrected chi connectivity index (χ1v) is 19.2. The Morgan fingerprint density at radius 3 is 1.74 bits per heavy atom. The average molecular weight is 685 g/mol. The lowest BCUT2D eigenvalue weighted by atomic mass is 9.99. The van der Waals surface area contributed by atoms with Crippen LogP contribution >= 0.6 is 0 Å². The molecule has 6 unspecified atom stereocenters. The zero-order chi connectivity index (χ0) is 34.0. The first-order valence-electron chi connectivity index (χ1n) is 17.8. The van der Waals surface area contributed by atoms with E-state index in [1.165, 1.54) is 77.0 Å². The molecule has 0 bridgehead atoms. The van der Waals surface area contributed by atoms with Crippen LogP contribution in [0.3, 0.4) is 0 Å². The summed E-state index contributed by atoms with van der Waals surface area (Å²) in [6, 6.07) is 0. The van der Waals surface area contributed by atoms with Gasteiger partial charge in [-0.25, -0.2) is 4.18 Å². The van der Waals surface area contributed by atoms with Gasteiger partial charge in [-0.1, -0.05) is 123 Å². The maximum absolute atomic E-state index is 12.7. The second kappa shape index (κ2) is 27.0. The second-order valence-electron chi connectivity index (χ2n) is 12.5. The van der Waals surface area contributed by atoms with Crippen LogP contribution in [0.2, 0.25) is 0 Å². The maximum atomic E-state index is 12.7. The van der Waals surface area contributed by atoms with E-state index in [4.69, 9.17) is 23.5 Å². The molecule has 0 aromatic heterocycles. The molecule has 13 heteroatoms. The molecule has 6 atom stereocenters. The molecule has 1 heterocycles. The highest BCUT2D eigenvalue weighted by molar-refractivity contribution is 7.80. The van der Waals surface area contributed by atoms with Gasteiger partial charge in [-0.3, -0.25) is 9.35 Å². The number of unbranched alkanes of at least 4 members (excludes halogenated alkanes) is 17. The van der Waals surface area contributed by atoms with Crippen molar-refractivity contribution in [1.82, 2.24) is 0 Å². The minimum atomic E-state index is -5.04. The van der Waals surface area contributed by atoms with E-state index in [9.17, 15) is 28.5 Å². The fraction of sp³-hybridized carbons (Fsp3) is 0.970. The first kappa shape index (κ1) is 43.1. The molecule has 0 radical (unpaired) electrons. The van der Waals surface area contributed by atoms with Crippen LogP contribution in [0.4, 0.5) is 0 Å². The van der Waals surface area contributed by atoms with Crippen molar-refractivity contribution < 1.29 is 56.2 Å². The average Bonchev–Trinajstić information content (AvgIpc) is 3.01. The summed E-state index contributed by atoms with van der Waals surface area (Å²) in [6.45, 7) is 3.93. The van der Waals surface area contributed by atoms with Gasteiger partial charge in [0, 0.05) is 13.0 Å². The summed E-state index contributed by atoms with van der Waals surface area (Å²) in [4.78, 5) is 12.7. The summed E-state index contributed by atoms with van der Waals surface area (Å²) in [5.74, 6) is -0.402. The van der Waals surface area contributed by atoms with Gasteiger partial charge in [0.05, 0.1) is 19.8 Å². The third kappa shape index (κ3) is 21.1. The highest BCUT2D eigenvalue weighted by Crippen LogP contribution is 2.26. The van der Waals surface area contributed by atoms with Crippen molar-refractivity contribution in [1.29, 1.82) is 0 Å². The third-order valence-electron chi connectivity index (χ3n) is 8.23. The van der Waals surface area contributed by atoms with E-state index < -0.39 is 59.8 Å². The summed E-state index contributed by atoms with van der Waals surface area (Å²) in [6.07, 6.45) is 13.1. The minimum absolute atomic E-state index is 0.0424. The normalized spacial score (nSPS) is 22.6.